The van der Waals surface area contributed by atoms with E-state index < -0.39 is 78.4 Å². The number of phosphoric ester groups is 2. The van der Waals surface area contributed by atoms with Gasteiger partial charge in [-0.05, 0) is 89.9 Å². The van der Waals surface area contributed by atoms with Gasteiger partial charge in [0.25, 0.3) is 0 Å². The molecule has 0 aliphatic carbocycles. The van der Waals surface area contributed by atoms with Crippen LogP contribution >= 0.6 is 15.6 Å². The lowest BCUT2D eigenvalue weighted by Gasteiger charge is -2.20. The molecule has 0 fully saturated rings. The molecule has 15 nitrogen and oxygen atoms in total. The molecule has 0 radical (unpaired) electrons. The standard InChI is InChI=1S/C46H78O15P2/c1-3-5-7-9-11-13-15-17-18-19-20-21-23-25-27-29-31-35-46(51)61-42(40-60-63(55,56)59-38-41(47)37-58-62(52,53)54)39-57-45(50)36-32-34-44(49)43(48)33-30-28-26-24-22-16-14-12-10-8-6-4-2/h6,8,11-14,17-18,20-22,24,28,30,41-44,47-49H,3-5,7,9-10,15-16,19,23,25-27,29,31-40H2,1-2H3,(H,55,56)(H2,52,53,54)/b8-6-,13-11-,14-12-,18-17-,21-20-,24-22-,30-28-/t41-,42+,43-,44-/m0/s1. The number of hydrogen-bond donors (Lipinski definition) is 6. The summed E-state index contributed by atoms with van der Waals surface area (Å²) in [5.74, 6) is -1.35. The van der Waals surface area contributed by atoms with Crippen LogP contribution in [-0.2, 0) is 41.8 Å². The minimum Gasteiger partial charge on any atom is -0.462 e. The fourth-order valence-electron chi connectivity index (χ4n) is 5.44. The fraction of sp³-hybridized carbons (Fsp3) is 0.652. The van der Waals surface area contributed by atoms with Crippen LogP contribution in [0.1, 0.15) is 142 Å². The maximum atomic E-state index is 12.7. The van der Waals surface area contributed by atoms with Crippen molar-refractivity contribution in [3.05, 3.63) is 85.1 Å². The second-order valence-corrected chi connectivity index (χ2v) is 17.6. The topological polar surface area (TPSA) is 236 Å². The molecule has 0 aliphatic rings. The smallest absolute Gasteiger partial charge is 0.462 e. The second-order valence-electron chi connectivity index (χ2n) is 14.9. The minimum atomic E-state index is -4.90. The Kier molecular flexibility index (Phi) is 38.9. The Morgan fingerprint density at radius 2 is 1.02 bits per heavy atom. The zero-order valence-corrected chi connectivity index (χ0v) is 39.4. The summed E-state index contributed by atoms with van der Waals surface area (Å²) in [5.41, 5.74) is 0. The molecule has 0 aromatic carbocycles. The first-order valence-electron chi connectivity index (χ1n) is 22.4. The number of esters is 2. The number of rotatable bonds is 41. The van der Waals surface area contributed by atoms with Gasteiger partial charge in [0.05, 0.1) is 32.0 Å². The Morgan fingerprint density at radius 3 is 1.59 bits per heavy atom. The number of aliphatic hydroxyl groups is 3. The molecule has 6 N–H and O–H groups in total. The van der Waals surface area contributed by atoms with E-state index in [4.69, 9.17) is 23.8 Å². The number of allylic oxidation sites excluding steroid dienone is 13. The van der Waals surface area contributed by atoms with Crippen LogP contribution in [0.15, 0.2) is 85.1 Å². The third kappa shape index (κ3) is 42.9. The molecule has 0 spiro atoms. The molecule has 362 valence electrons. The normalized spacial score (nSPS) is 15.7. The van der Waals surface area contributed by atoms with Gasteiger partial charge < -0.3 is 39.5 Å². The molecule has 0 aromatic rings. The molecular formula is C46H78O15P2. The number of phosphoric acid groups is 2. The van der Waals surface area contributed by atoms with Crippen LogP contribution in [0.5, 0.6) is 0 Å². The number of carbonyl (C=O) groups excluding carboxylic acids is 2. The molecule has 63 heavy (non-hydrogen) atoms. The van der Waals surface area contributed by atoms with Crippen LogP contribution in [0.25, 0.3) is 0 Å². The minimum absolute atomic E-state index is 0.0400. The van der Waals surface area contributed by atoms with Crippen LogP contribution in [-0.4, -0.2) is 92.8 Å². The Bertz CT molecular complexity index is 1470. The van der Waals surface area contributed by atoms with Crippen LogP contribution in [0.2, 0.25) is 0 Å². The maximum Gasteiger partial charge on any atom is 0.472 e. The van der Waals surface area contributed by atoms with Crippen LogP contribution < -0.4 is 0 Å². The predicted octanol–water partition coefficient (Wildman–Crippen LogP) is 9.50. The van der Waals surface area contributed by atoms with E-state index in [1.807, 2.05) is 12.2 Å². The zero-order valence-electron chi connectivity index (χ0n) is 37.6. The summed E-state index contributed by atoms with van der Waals surface area (Å²) in [6.45, 7) is 1.25. The Morgan fingerprint density at radius 1 is 0.524 bits per heavy atom. The summed E-state index contributed by atoms with van der Waals surface area (Å²) in [5, 5.41) is 30.4. The van der Waals surface area contributed by atoms with E-state index in [0.717, 1.165) is 64.2 Å². The summed E-state index contributed by atoms with van der Waals surface area (Å²) in [7, 11) is -9.79. The summed E-state index contributed by atoms with van der Waals surface area (Å²) in [4.78, 5) is 52.8. The van der Waals surface area contributed by atoms with E-state index in [9.17, 15) is 38.9 Å². The van der Waals surface area contributed by atoms with Crippen molar-refractivity contribution in [2.24, 2.45) is 0 Å². The SMILES string of the molecule is CC/C=C\C/C=C\C/C=C\C/C=C\C[C@H](O)[C@@H](O)CCCC(=O)OC[C@H](COP(=O)(O)OC[C@@H](O)COP(=O)(O)O)OC(=O)CCCCCC/C=C\C/C=C\C/C=C\CCCCC. The molecule has 0 amide bonds. The third-order valence-electron chi connectivity index (χ3n) is 8.96. The van der Waals surface area contributed by atoms with Crippen LogP contribution in [0.4, 0.5) is 0 Å². The zero-order chi connectivity index (χ0) is 46.9. The maximum absolute atomic E-state index is 12.7. The fourth-order valence-corrected chi connectivity index (χ4v) is 6.60. The van der Waals surface area contributed by atoms with Gasteiger partial charge in [-0.1, -0.05) is 125 Å². The summed E-state index contributed by atoms with van der Waals surface area (Å²) < 4.78 is 47.6. The van der Waals surface area contributed by atoms with Crippen molar-refractivity contribution >= 4 is 27.6 Å². The monoisotopic (exact) mass is 932 g/mol. The first-order valence-corrected chi connectivity index (χ1v) is 25.5. The highest BCUT2D eigenvalue weighted by Gasteiger charge is 2.28. The van der Waals surface area contributed by atoms with Crippen LogP contribution in [0, 0.1) is 0 Å². The number of unbranched alkanes of at least 4 members (excludes halogenated alkanes) is 7. The Hall–Kier alpha value is -2.78. The lowest BCUT2D eigenvalue weighted by Crippen LogP contribution is -2.30. The molecule has 5 atom stereocenters. The van der Waals surface area contributed by atoms with E-state index in [1.54, 1.807) is 6.08 Å². The molecular weight excluding hydrogens is 854 g/mol. The molecule has 0 heterocycles. The van der Waals surface area contributed by atoms with Gasteiger partial charge in [-0.2, -0.15) is 0 Å². The molecule has 17 heteroatoms. The van der Waals surface area contributed by atoms with E-state index >= 15 is 0 Å². The van der Waals surface area contributed by atoms with Crippen molar-refractivity contribution in [2.75, 3.05) is 26.4 Å². The highest BCUT2D eigenvalue weighted by atomic mass is 31.2. The molecule has 0 rings (SSSR count). The average Bonchev–Trinajstić information content (AvgIpc) is 3.24. The molecule has 0 saturated carbocycles. The van der Waals surface area contributed by atoms with Gasteiger partial charge in [-0.3, -0.25) is 23.2 Å². The quantitative estimate of drug-likeness (QED) is 0.0145. The lowest BCUT2D eigenvalue weighted by molar-refractivity contribution is -0.161. The largest absolute Gasteiger partial charge is 0.472 e. The van der Waals surface area contributed by atoms with Gasteiger partial charge in [0.1, 0.15) is 12.7 Å². The molecule has 1 unspecified atom stereocenters. The summed E-state index contributed by atoms with van der Waals surface area (Å²) in [6.07, 6.45) is 38.8. The third-order valence-corrected chi connectivity index (χ3v) is 10.4. The Labute approximate surface area is 376 Å². The van der Waals surface area contributed by atoms with Crippen LogP contribution in [0.3, 0.4) is 0 Å². The number of ether oxygens (including phenoxy) is 2. The van der Waals surface area contributed by atoms with Gasteiger partial charge >= 0.3 is 27.6 Å². The molecule has 0 bridgehead atoms. The summed E-state index contributed by atoms with van der Waals surface area (Å²) in [6, 6.07) is 0. The molecule has 0 aromatic heterocycles. The van der Waals surface area contributed by atoms with E-state index in [0.29, 0.717) is 12.8 Å². The first-order chi connectivity index (χ1) is 30.2. The second kappa shape index (κ2) is 40.7. The van der Waals surface area contributed by atoms with Crippen molar-refractivity contribution in [3.8, 4) is 0 Å². The van der Waals surface area contributed by atoms with Gasteiger partial charge in [0.2, 0.25) is 0 Å². The highest BCUT2D eigenvalue weighted by molar-refractivity contribution is 7.47. The van der Waals surface area contributed by atoms with E-state index in [2.05, 4.69) is 89.7 Å². The molecule has 0 aliphatic heterocycles. The number of carbonyl (C=O) groups is 2. The van der Waals surface area contributed by atoms with E-state index in [1.165, 1.54) is 19.3 Å². The van der Waals surface area contributed by atoms with Crippen molar-refractivity contribution in [2.45, 2.75) is 167 Å². The molecule has 0 saturated heterocycles. The van der Waals surface area contributed by atoms with Gasteiger partial charge in [-0.25, -0.2) is 9.13 Å². The Balaban J connectivity index is 4.79. The average molecular weight is 933 g/mol. The van der Waals surface area contributed by atoms with Crippen molar-refractivity contribution in [1.29, 1.82) is 0 Å². The van der Waals surface area contributed by atoms with Gasteiger partial charge in [-0.15, -0.1) is 0 Å². The van der Waals surface area contributed by atoms with Crippen molar-refractivity contribution in [3.63, 3.8) is 0 Å². The van der Waals surface area contributed by atoms with Crippen molar-refractivity contribution in [1.82, 2.24) is 0 Å². The summed E-state index contributed by atoms with van der Waals surface area (Å²) >= 11 is 0. The van der Waals surface area contributed by atoms with E-state index in [-0.39, 0.29) is 32.1 Å². The predicted molar refractivity (Wildman–Crippen MR) is 246 cm³/mol. The first kappa shape index (κ1) is 60.2. The van der Waals surface area contributed by atoms with Crippen molar-refractivity contribution < 1.29 is 71.8 Å². The lowest BCUT2D eigenvalue weighted by atomic mass is 10.0. The van der Waals surface area contributed by atoms with Gasteiger partial charge in [0.15, 0.2) is 6.10 Å². The highest BCUT2D eigenvalue weighted by Crippen LogP contribution is 2.43. The number of hydrogen-bond acceptors (Lipinski definition) is 12. The number of aliphatic hydroxyl groups excluding tert-OH is 3. The van der Waals surface area contributed by atoms with Gasteiger partial charge in [0, 0.05) is 12.8 Å².